The third-order valence-electron chi connectivity index (χ3n) is 9.29. The number of nitrogen functional groups attached to an aromatic ring is 1. The van der Waals surface area contributed by atoms with Gasteiger partial charge in [-0.05, 0) is 62.1 Å². The van der Waals surface area contributed by atoms with E-state index in [1.54, 1.807) is 17.0 Å². The third kappa shape index (κ3) is 4.43. The largest absolute Gasteiger partial charge is 0.487 e. The molecule has 0 atom stereocenters. The van der Waals surface area contributed by atoms with Gasteiger partial charge in [0.15, 0.2) is 11.6 Å². The summed E-state index contributed by atoms with van der Waals surface area (Å²) < 4.78 is 29.2. The summed E-state index contributed by atoms with van der Waals surface area (Å²) in [6.07, 6.45) is 9.96. The standard InChI is InChI=1S/C29H35FN6O3/c1-34-8-9-35(15-25(34)37)13-18-10-20(11-18)36-14-22(26-27(31)32-17-33-28(26)36)19-2-3-23(30)24(12-19)38-16-29-6-4-21(39-29)5-7-29/h2-3,12,14,17-18,20-21H,4-11,13,15-16H2,1H3,(H2,31,32,33)/t18-,20+,21?,29?. The predicted octanol–water partition coefficient (Wildman–Crippen LogP) is 3.64. The minimum Gasteiger partial charge on any atom is -0.487 e. The maximum absolute atomic E-state index is 14.8. The topological polar surface area (TPSA) is 98.7 Å². The van der Waals surface area contributed by atoms with Crippen molar-refractivity contribution in [3.63, 3.8) is 0 Å². The van der Waals surface area contributed by atoms with Crippen molar-refractivity contribution in [1.82, 2.24) is 24.3 Å². The molecule has 206 valence electrons. The predicted molar refractivity (Wildman–Crippen MR) is 145 cm³/mol. The Morgan fingerprint density at radius 2 is 2.03 bits per heavy atom. The number of likely N-dealkylation sites (N-methyl/N-ethyl adjacent to an activating group) is 1. The molecule has 7 rings (SSSR count). The van der Waals surface area contributed by atoms with Crippen molar-refractivity contribution >= 4 is 22.8 Å². The van der Waals surface area contributed by atoms with Crippen LogP contribution >= 0.6 is 0 Å². The van der Waals surface area contributed by atoms with Crippen LogP contribution < -0.4 is 10.5 Å². The zero-order valence-corrected chi connectivity index (χ0v) is 22.3. The SMILES string of the molecule is CN1CCN(C[C@H]2C[C@@H](n3cc(-c4ccc(F)c(OCC56CCC(CC5)O6)c4)c4c(N)ncnc43)C2)CC1=O. The van der Waals surface area contributed by atoms with E-state index >= 15 is 0 Å². The second-order valence-electron chi connectivity index (χ2n) is 11.9. The molecule has 39 heavy (non-hydrogen) atoms. The molecule has 10 heteroatoms. The number of rotatable bonds is 7. The zero-order valence-electron chi connectivity index (χ0n) is 22.3. The Morgan fingerprint density at radius 3 is 2.77 bits per heavy atom. The fourth-order valence-electron chi connectivity index (χ4n) is 6.89. The summed E-state index contributed by atoms with van der Waals surface area (Å²) in [6.45, 7) is 3.51. The first kappa shape index (κ1) is 24.8. The maximum atomic E-state index is 14.8. The number of nitrogens with two attached hydrogens (primary N) is 1. The van der Waals surface area contributed by atoms with Crippen molar-refractivity contribution < 1.29 is 18.7 Å². The lowest BCUT2D eigenvalue weighted by Crippen LogP contribution is -2.50. The number of aromatic nitrogens is 3. The van der Waals surface area contributed by atoms with Crippen LogP contribution in [0.15, 0.2) is 30.7 Å². The molecule has 2 bridgehead atoms. The molecule has 3 saturated heterocycles. The molecular weight excluding hydrogens is 499 g/mol. The van der Waals surface area contributed by atoms with Crippen LogP contribution in [0, 0.1) is 11.7 Å². The summed E-state index contributed by atoms with van der Waals surface area (Å²) in [5.41, 5.74) is 8.56. The quantitative estimate of drug-likeness (QED) is 0.494. The number of carbonyl (C=O) groups is 1. The Bertz CT molecular complexity index is 1410. The molecule has 3 aliphatic heterocycles. The molecule has 5 heterocycles. The number of benzene rings is 1. The maximum Gasteiger partial charge on any atom is 0.236 e. The third-order valence-corrected chi connectivity index (χ3v) is 9.29. The minimum absolute atomic E-state index is 0.191. The first-order valence-corrected chi connectivity index (χ1v) is 14.1. The van der Waals surface area contributed by atoms with Crippen molar-refractivity contribution in [3.8, 4) is 16.9 Å². The molecule has 4 aliphatic rings. The van der Waals surface area contributed by atoms with E-state index < -0.39 is 0 Å². The van der Waals surface area contributed by atoms with Crippen molar-refractivity contribution in [2.45, 2.75) is 56.3 Å². The smallest absolute Gasteiger partial charge is 0.236 e. The number of halogens is 1. The normalized spacial score (nSPS) is 28.8. The highest BCUT2D eigenvalue weighted by Gasteiger charge is 2.47. The van der Waals surface area contributed by atoms with Gasteiger partial charge >= 0.3 is 0 Å². The average Bonchev–Trinajstić information content (AvgIpc) is 3.62. The van der Waals surface area contributed by atoms with Crippen LogP contribution in [0.4, 0.5) is 10.2 Å². The first-order valence-electron chi connectivity index (χ1n) is 14.1. The van der Waals surface area contributed by atoms with Crippen LogP contribution in [0.2, 0.25) is 0 Å². The van der Waals surface area contributed by atoms with Gasteiger partial charge in [-0.1, -0.05) is 6.07 Å². The fraction of sp³-hybridized carbons (Fsp3) is 0.552. The molecular formula is C29H35FN6O3. The van der Waals surface area contributed by atoms with Crippen LogP contribution in [0.3, 0.4) is 0 Å². The number of nitrogens with zero attached hydrogens (tertiary/aromatic N) is 5. The summed E-state index contributed by atoms with van der Waals surface area (Å²) in [4.78, 5) is 25.0. The molecule has 0 radical (unpaired) electrons. The Morgan fingerprint density at radius 1 is 1.21 bits per heavy atom. The minimum atomic E-state index is -0.389. The molecule has 2 N–H and O–H groups in total. The van der Waals surface area contributed by atoms with Crippen molar-refractivity contribution in [1.29, 1.82) is 0 Å². The van der Waals surface area contributed by atoms with Gasteiger partial charge in [0.2, 0.25) is 5.91 Å². The lowest BCUT2D eigenvalue weighted by atomic mass is 9.79. The summed E-state index contributed by atoms with van der Waals surface area (Å²) in [5.74, 6) is 0.963. The monoisotopic (exact) mass is 534 g/mol. The van der Waals surface area contributed by atoms with E-state index in [1.807, 2.05) is 7.05 Å². The van der Waals surface area contributed by atoms with Crippen molar-refractivity contribution in [3.05, 3.63) is 36.5 Å². The van der Waals surface area contributed by atoms with Gasteiger partial charge in [-0.3, -0.25) is 9.69 Å². The van der Waals surface area contributed by atoms with E-state index in [4.69, 9.17) is 15.2 Å². The number of hydrogen-bond donors (Lipinski definition) is 1. The average molecular weight is 535 g/mol. The molecule has 1 saturated carbocycles. The van der Waals surface area contributed by atoms with Crippen molar-refractivity contribution in [2.24, 2.45) is 5.92 Å². The van der Waals surface area contributed by atoms with Crippen molar-refractivity contribution in [2.75, 3.05) is 45.6 Å². The molecule has 1 aliphatic carbocycles. The Kier molecular flexibility index (Phi) is 6.00. The molecule has 4 fully saturated rings. The number of fused-ring (bicyclic) bond motifs is 3. The molecule has 3 aromatic rings. The van der Waals surface area contributed by atoms with E-state index in [0.717, 1.165) is 80.3 Å². The zero-order chi connectivity index (χ0) is 26.7. The lowest BCUT2D eigenvalue weighted by molar-refractivity contribution is -0.134. The van der Waals surface area contributed by atoms with Gasteiger partial charge in [-0.2, -0.15) is 0 Å². The first-order chi connectivity index (χ1) is 18.9. The van der Waals surface area contributed by atoms with E-state index in [9.17, 15) is 9.18 Å². The molecule has 9 nitrogen and oxygen atoms in total. The number of piperazine rings is 1. The molecule has 0 unspecified atom stereocenters. The molecule has 1 aromatic carbocycles. The van der Waals surface area contributed by atoms with Crippen LogP contribution in [-0.2, 0) is 9.53 Å². The number of carbonyl (C=O) groups excluding carboxylic acids is 1. The van der Waals surface area contributed by atoms with Gasteiger partial charge in [-0.25, -0.2) is 14.4 Å². The van der Waals surface area contributed by atoms with Gasteiger partial charge in [0, 0.05) is 44.5 Å². The van der Waals surface area contributed by atoms with Gasteiger partial charge in [0.25, 0.3) is 0 Å². The number of anilines is 1. The Labute approximate surface area is 227 Å². The highest BCUT2D eigenvalue weighted by molar-refractivity contribution is 6.00. The lowest BCUT2D eigenvalue weighted by Gasteiger charge is -2.41. The van der Waals surface area contributed by atoms with Crippen LogP contribution in [-0.4, -0.2) is 81.8 Å². The molecule has 1 amide bonds. The Hall–Kier alpha value is -3.24. The summed E-state index contributed by atoms with van der Waals surface area (Å²) in [6, 6.07) is 5.26. The molecule has 0 spiro atoms. The number of hydrogen-bond acceptors (Lipinski definition) is 7. The van der Waals surface area contributed by atoms with Gasteiger partial charge in [-0.15, -0.1) is 0 Å². The summed E-state index contributed by atoms with van der Waals surface area (Å²) in [7, 11) is 1.87. The van der Waals surface area contributed by atoms with Crippen LogP contribution in [0.5, 0.6) is 5.75 Å². The van der Waals surface area contributed by atoms with E-state index in [2.05, 4.69) is 25.6 Å². The highest BCUT2D eigenvalue weighted by atomic mass is 19.1. The van der Waals surface area contributed by atoms with E-state index in [0.29, 0.717) is 31.0 Å². The van der Waals surface area contributed by atoms with E-state index in [1.165, 1.54) is 12.4 Å². The number of ether oxygens (including phenoxy) is 2. The number of amides is 1. The second-order valence-corrected chi connectivity index (χ2v) is 11.9. The highest BCUT2D eigenvalue weighted by Crippen LogP contribution is 2.45. The van der Waals surface area contributed by atoms with Gasteiger partial charge in [0.05, 0.1) is 18.0 Å². The van der Waals surface area contributed by atoms with Gasteiger partial charge < -0.3 is 24.7 Å². The van der Waals surface area contributed by atoms with Crippen LogP contribution in [0.1, 0.15) is 44.6 Å². The Balaban J connectivity index is 1.11. The van der Waals surface area contributed by atoms with Crippen LogP contribution in [0.25, 0.3) is 22.2 Å². The summed E-state index contributed by atoms with van der Waals surface area (Å²) in [5, 5.41) is 0.777. The summed E-state index contributed by atoms with van der Waals surface area (Å²) >= 11 is 0. The second kappa shape index (κ2) is 9.45. The fourth-order valence-corrected chi connectivity index (χ4v) is 6.89. The van der Waals surface area contributed by atoms with E-state index in [-0.39, 0.29) is 29.1 Å². The van der Waals surface area contributed by atoms with Gasteiger partial charge in [0.1, 0.15) is 30.0 Å². The molecule has 2 aromatic heterocycles.